The third-order valence-electron chi connectivity index (χ3n) is 2.79. The van der Waals surface area contributed by atoms with Crippen molar-refractivity contribution in [2.45, 2.75) is 31.0 Å². The first kappa shape index (κ1) is 10.2. The van der Waals surface area contributed by atoms with Gasteiger partial charge in [-0.2, -0.15) is 0 Å². The van der Waals surface area contributed by atoms with Crippen LogP contribution in [0.1, 0.15) is 34.5 Å². The van der Waals surface area contributed by atoms with E-state index in [4.69, 9.17) is 0 Å². The van der Waals surface area contributed by atoms with Crippen molar-refractivity contribution < 1.29 is 0 Å². The number of halogens is 2. The van der Waals surface area contributed by atoms with Crippen LogP contribution < -0.4 is 0 Å². The highest BCUT2D eigenvalue weighted by Gasteiger charge is 2.28. The van der Waals surface area contributed by atoms with Gasteiger partial charge in [0.2, 0.25) is 0 Å². The Morgan fingerprint density at radius 3 is 2.62 bits per heavy atom. The van der Waals surface area contributed by atoms with Gasteiger partial charge in [0.15, 0.2) is 0 Å². The lowest BCUT2D eigenvalue weighted by Crippen LogP contribution is -2.16. The molecule has 1 aliphatic carbocycles. The number of aryl methyl sites for hydroxylation is 1. The summed E-state index contributed by atoms with van der Waals surface area (Å²) in [5.74, 6) is 0.875. The van der Waals surface area contributed by atoms with E-state index in [0.29, 0.717) is 4.83 Å². The van der Waals surface area contributed by atoms with Gasteiger partial charge >= 0.3 is 0 Å². The topological polar surface area (TPSA) is 0 Å². The first-order valence-corrected chi connectivity index (χ1v) is 7.11. The van der Waals surface area contributed by atoms with Crippen LogP contribution >= 0.6 is 43.2 Å². The monoisotopic (exact) mass is 322 g/mol. The van der Waals surface area contributed by atoms with Crippen molar-refractivity contribution >= 4 is 43.2 Å². The average molecular weight is 324 g/mol. The summed E-state index contributed by atoms with van der Waals surface area (Å²) in [6, 6.07) is 2.26. The van der Waals surface area contributed by atoms with E-state index < -0.39 is 0 Å². The molecule has 1 fully saturated rings. The largest absolute Gasteiger partial charge is 0.133 e. The molecule has 0 amide bonds. The van der Waals surface area contributed by atoms with Gasteiger partial charge in [-0.1, -0.05) is 22.4 Å². The molecule has 1 unspecified atom stereocenters. The van der Waals surface area contributed by atoms with E-state index in [1.54, 1.807) is 0 Å². The van der Waals surface area contributed by atoms with Crippen LogP contribution in [0.5, 0.6) is 0 Å². The number of alkyl halides is 1. The summed E-state index contributed by atoms with van der Waals surface area (Å²) in [5, 5.41) is 0. The van der Waals surface area contributed by atoms with Crippen LogP contribution in [-0.4, -0.2) is 0 Å². The zero-order valence-electron chi connectivity index (χ0n) is 7.52. The summed E-state index contributed by atoms with van der Waals surface area (Å²) >= 11 is 9.19. The Hall–Kier alpha value is 0.660. The molecule has 2 rings (SSSR count). The Bertz CT molecular complexity index is 302. The van der Waals surface area contributed by atoms with E-state index in [0.717, 1.165) is 5.92 Å². The maximum absolute atomic E-state index is 3.81. The summed E-state index contributed by atoms with van der Waals surface area (Å²) in [7, 11) is 0. The zero-order chi connectivity index (χ0) is 9.42. The molecule has 0 N–H and O–H groups in total. The smallest absolute Gasteiger partial charge is 0.0704 e. The normalized spacial score (nSPS) is 19.9. The molecule has 0 aliphatic heterocycles. The number of hydrogen-bond acceptors (Lipinski definition) is 1. The third-order valence-corrected chi connectivity index (χ3v) is 5.60. The second-order valence-electron chi connectivity index (χ2n) is 3.65. The summed E-state index contributed by atoms with van der Waals surface area (Å²) in [5.41, 5.74) is 1.49. The van der Waals surface area contributed by atoms with Crippen molar-refractivity contribution in [2.24, 2.45) is 5.92 Å². The van der Waals surface area contributed by atoms with Crippen LogP contribution in [0.15, 0.2) is 9.85 Å². The van der Waals surface area contributed by atoms with Crippen LogP contribution in [0.25, 0.3) is 0 Å². The highest BCUT2D eigenvalue weighted by molar-refractivity contribution is 9.11. The maximum Gasteiger partial charge on any atom is 0.0704 e. The molecule has 0 saturated heterocycles. The molecule has 0 aromatic carbocycles. The predicted octanol–water partition coefficient (Wildman–Crippen LogP) is 5.06. The molecule has 1 atom stereocenters. The Kier molecular flexibility index (Phi) is 3.16. The van der Waals surface area contributed by atoms with Crippen LogP contribution in [0.3, 0.4) is 0 Å². The van der Waals surface area contributed by atoms with Crippen molar-refractivity contribution in [2.75, 3.05) is 0 Å². The minimum atomic E-state index is 0.587. The molecule has 0 nitrogen and oxygen atoms in total. The molecule has 0 radical (unpaired) electrons. The predicted molar refractivity (Wildman–Crippen MR) is 65.8 cm³/mol. The van der Waals surface area contributed by atoms with Gasteiger partial charge in [-0.25, -0.2) is 0 Å². The molecule has 1 aromatic rings. The quantitative estimate of drug-likeness (QED) is 0.668. The SMILES string of the molecule is Cc1sc(Br)cc1C(Br)C1CCC1. The van der Waals surface area contributed by atoms with Crippen LogP contribution in [0.2, 0.25) is 0 Å². The Morgan fingerprint density at radius 1 is 1.54 bits per heavy atom. The summed E-state index contributed by atoms with van der Waals surface area (Å²) in [6.07, 6.45) is 4.20. The molecule has 3 heteroatoms. The summed E-state index contributed by atoms with van der Waals surface area (Å²) in [6.45, 7) is 2.21. The molecular formula is C10H12Br2S. The van der Waals surface area contributed by atoms with E-state index in [1.807, 2.05) is 11.3 Å². The van der Waals surface area contributed by atoms with Gasteiger partial charge in [-0.15, -0.1) is 11.3 Å². The molecule has 13 heavy (non-hydrogen) atoms. The minimum absolute atomic E-state index is 0.587. The molecule has 1 aliphatic rings. The number of hydrogen-bond donors (Lipinski definition) is 0. The Labute approximate surface area is 100.0 Å². The molecule has 1 aromatic heterocycles. The molecule has 0 spiro atoms. The molecular weight excluding hydrogens is 312 g/mol. The van der Waals surface area contributed by atoms with E-state index in [2.05, 4.69) is 44.8 Å². The lowest BCUT2D eigenvalue weighted by molar-refractivity contribution is 0.312. The van der Waals surface area contributed by atoms with E-state index in [9.17, 15) is 0 Å². The zero-order valence-corrected chi connectivity index (χ0v) is 11.5. The highest BCUT2D eigenvalue weighted by atomic mass is 79.9. The van der Waals surface area contributed by atoms with E-state index in [-0.39, 0.29) is 0 Å². The van der Waals surface area contributed by atoms with Crippen molar-refractivity contribution in [3.63, 3.8) is 0 Å². The number of rotatable bonds is 2. The summed E-state index contributed by atoms with van der Waals surface area (Å²) in [4.78, 5) is 2.03. The van der Waals surface area contributed by atoms with E-state index >= 15 is 0 Å². The van der Waals surface area contributed by atoms with Crippen molar-refractivity contribution in [1.82, 2.24) is 0 Å². The van der Waals surface area contributed by atoms with E-state index in [1.165, 1.54) is 33.5 Å². The minimum Gasteiger partial charge on any atom is -0.133 e. The third kappa shape index (κ3) is 2.02. The fourth-order valence-electron chi connectivity index (χ4n) is 1.72. The molecule has 1 heterocycles. The summed E-state index contributed by atoms with van der Waals surface area (Å²) < 4.78 is 1.25. The van der Waals surface area contributed by atoms with Gasteiger partial charge in [0, 0.05) is 9.70 Å². The second kappa shape index (κ2) is 4.03. The maximum atomic E-state index is 3.81. The lowest BCUT2D eigenvalue weighted by Gasteiger charge is -2.30. The van der Waals surface area contributed by atoms with Crippen LogP contribution in [0, 0.1) is 12.8 Å². The fraction of sp³-hybridized carbons (Fsp3) is 0.600. The Morgan fingerprint density at radius 2 is 2.23 bits per heavy atom. The first-order chi connectivity index (χ1) is 6.18. The van der Waals surface area contributed by atoms with Crippen LogP contribution in [-0.2, 0) is 0 Å². The van der Waals surface area contributed by atoms with Crippen molar-refractivity contribution in [3.8, 4) is 0 Å². The fourth-order valence-corrected chi connectivity index (χ4v) is 4.63. The van der Waals surface area contributed by atoms with Gasteiger partial charge in [0.25, 0.3) is 0 Å². The molecule has 72 valence electrons. The lowest BCUT2D eigenvalue weighted by atomic mass is 9.81. The van der Waals surface area contributed by atoms with Gasteiger partial charge in [0.1, 0.15) is 0 Å². The van der Waals surface area contributed by atoms with Crippen LogP contribution in [0.4, 0.5) is 0 Å². The van der Waals surface area contributed by atoms with Gasteiger partial charge in [0.05, 0.1) is 3.79 Å². The van der Waals surface area contributed by atoms with Crippen molar-refractivity contribution in [1.29, 1.82) is 0 Å². The first-order valence-electron chi connectivity index (χ1n) is 4.58. The van der Waals surface area contributed by atoms with Gasteiger partial charge < -0.3 is 0 Å². The van der Waals surface area contributed by atoms with Gasteiger partial charge in [-0.3, -0.25) is 0 Å². The average Bonchev–Trinajstić information content (AvgIpc) is 2.26. The molecule has 0 bridgehead atoms. The van der Waals surface area contributed by atoms with Gasteiger partial charge in [-0.05, 0) is 53.2 Å². The highest BCUT2D eigenvalue weighted by Crippen LogP contribution is 2.46. The Balaban J connectivity index is 2.18. The molecule has 1 saturated carbocycles. The number of thiophene rings is 1. The second-order valence-corrected chi connectivity index (χ2v) is 7.28. The standard InChI is InChI=1S/C10H12Br2S/c1-6-8(5-9(11)13-6)10(12)7-3-2-4-7/h5,7,10H,2-4H2,1H3. The van der Waals surface area contributed by atoms with Crippen molar-refractivity contribution in [3.05, 3.63) is 20.3 Å².